The molecule has 0 N–H and O–H groups in total. The van der Waals surface area contributed by atoms with Gasteiger partial charge in [0, 0.05) is 24.6 Å². The second-order valence-corrected chi connectivity index (χ2v) is 6.29. The number of aromatic nitrogens is 1. The Labute approximate surface area is 129 Å². The van der Waals surface area contributed by atoms with Gasteiger partial charge in [0.25, 0.3) is 0 Å². The van der Waals surface area contributed by atoms with Gasteiger partial charge in [-0.3, -0.25) is 0 Å². The average molecular weight is 399 g/mol. The van der Waals surface area contributed by atoms with Crippen molar-refractivity contribution in [3.05, 3.63) is 21.8 Å². The zero-order chi connectivity index (χ0) is 13.0. The van der Waals surface area contributed by atoms with Gasteiger partial charge in [-0.2, -0.15) is 0 Å². The normalized spacial score (nSPS) is 17.2. The minimum absolute atomic E-state index is 0.380. The summed E-state index contributed by atoms with van der Waals surface area (Å²) in [5.74, 6) is 0.971. The first kappa shape index (κ1) is 14.6. The van der Waals surface area contributed by atoms with Gasteiger partial charge in [0.1, 0.15) is 5.82 Å². The lowest BCUT2D eigenvalue weighted by Gasteiger charge is -2.33. The Morgan fingerprint density at radius 3 is 2.78 bits per heavy atom. The Morgan fingerprint density at radius 2 is 2.17 bits per heavy atom. The third kappa shape index (κ3) is 3.83. The summed E-state index contributed by atoms with van der Waals surface area (Å²) in [5.41, 5.74) is 0. The van der Waals surface area contributed by atoms with Crippen LogP contribution in [-0.4, -0.2) is 36.1 Å². The monoisotopic (exact) mass is 396 g/mol. The second-order valence-electron chi connectivity index (χ2n) is 4.21. The molecule has 0 spiro atoms. The molecule has 100 valence electrons. The number of piperidine rings is 1. The predicted molar refractivity (Wildman–Crippen MR) is 81.9 cm³/mol. The highest BCUT2D eigenvalue weighted by atomic mass is 79.9. The van der Waals surface area contributed by atoms with E-state index < -0.39 is 0 Å². The maximum atomic E-state index is 5.90. The number of halogens is 3. The van der Waals surface area contributed by atoms with Crippen LogP contribution >= 0.6 is 43.5 Å². The number of nitrogens with zero attached hydrogens (tertiary/aromatic N) is 2. The molecule has 2 heterocycles. The summed E-state index contributed by atoms with van der Waals surface area (Å²) in [6.45, 7) is 2.73. The van der Waals surface area contributed by atoms with Gasteiger partial charge in [-0.15, -0.1) is 0 Å². The van der Waals surface area contributed by atoms with Crippen molar-refractivity contribution in [2.75, 3.05) is 29.9 Å². The van der Waals surface area contributed by atoms with E-state index in [1.165, 1.54) is 0 Å². The molecule has 0 atom stereocenters. The van der Waals surface area contributed by atoms with Gasteiger partial charge in [-0.05, 0) is 34.8 Å². The van der Waals surface area contributed by atoms with E-state index in [0.717, 1.165) is 48.2 Å². The Morgan fingerprint density at radius 1 is 1.44 bits per heavy atom. The van der Waals surface area contributed by atoms with Gasteiger partial charge in [0.15, 0.2) is 0 Å². The van der Waals surface area contributed by atoms with E-state index in [2.05, 4.69) is 41.7 Å². The van der Waals surface area contributed by atoms with Crippen molar-refractivity contribution in [2.24, 2.45) is 0 Å². The van der Waals surface area contributed by atoms with E-state index in [-0.39, 0.29) is 0 Å². The van der Waals surface area contributed by atoms with Gasteiger partial charge < -0.3 is 9.64 Å². The smallest absolute Gasteiger partial charge is 0.142 e. The number of hydrogen-bond donors (Lipinski definition) is 0. The maximum absolute atomic E-state index is 5.90. The Balaban J connectivity index is 1.93. The summed E-state index contributed by atoms with van der Waals surface area (Å²) in [5, 5.41) is 1.55. The number of rotatable bonds is 4. The summed E-state index contributed by atoms with van der Waals surface area (Å²) < 4.78 is 6.69. The highest BCUT2D eigenvalue weighted by Gasteiger charge is 2.21. The first-order chi connectivity index (χ1) is 8.70. The van der Waals surface area contributed by atoms with Crippen LogP contribution in [0.15, 0.2) is 16.7 Å². The van der Waals surface area contributed by atoms with Crippen LogP contribution in [0.25, 0.3) is 0 Å². The second kappa shape index (κ2) is 7.08. The zero-order valence-electron chi connectivity index (χ0n) is 9.91. The molecule has 0 aliphatic carbocycles. The van der Waals surface area contributed by atoms with E-state index in [9.17, 15) is 0 Å². The quantitative estimate of drug-likeness (QED) is 0.720. The van der Waals surface area contributed by atoms with Crippen LogP contribution in [0.1, 0.15) is 12.8 Å². The van der Waals surface area contributed by atoms with E-state index >= 15 is 0 Å². The molecular formula is C12H15Br2ClN2O. The number of pyridine rings is 1. The van der Waals surface area contributed by atoms with Crippen LogP contribution in [0.4, 0.5) is 5.82 Å². The molecule has 18 heavy (non-hydrogen) atoms. The molecule has 0 saturated carbocycles. The Bertz CT molecular complexity index is 398. The standard InChI is InChI=1S/C12H15Br2ClN2O/c13-3-6-18-10-1-4-17(5-2-10)12-11(14)7-9(15)8-16-12/h7-8,10H,1-6H2. The fourth-order valence-corrected chi connectivity index (χ4v) is 3.16. The molecule has 3 nitrogen and oxygen atoms in total. The molecular weight excluding hydrogens is 383 g/mol. The van der Waals surface area contributed by atoms with Gasteiger partial charge in [0.05, 0.1) is 22.2 Å². The zero-order valence-corrected chi connectivity index (χ0v) is 13.8. The molecule has 1 saturated heterocycles. The molecule has 1 aliphatic heterocycles. The number of ether oxygens (including phenoxy) is 1. The first-order valence-corrected chi connectivity index (χ1v) is 8.23. The molecule has 0 bridgehead atoms. The van der Waals surface area contributed by atoms with Crippen LogP contribution < -0.4 is 4.90 Å². The number of hydrogen-bond acceptors (Lipinski definition) is 3. The van der Waals surface area contributed by atoms with E-state index in [1.54, 1.807) is 6.20 Å². The third-order valence-electron chi connectivity index (χ3n) is 2.96. The Kier molecular flexibility index (Phi) is 5.73. The maximum Gasteiger partial charge on any atom is 0.142 e. The molecule has 1 aromatic heterocycles. The predicted octanol–water partition coefficient (Wildman–Crippen LogP) is 3.88. The molecule has 0 unspecified atom stereocenters. The highest BCUT2D eigenvalue weighted by Crippen LogP contribution is 2.29. The number of anilines is 1. The summed E-state index contributed by atoms with van der Waals surface area (Å²) in [6, 6.07) is 1.89. The summed E-state index contributed by atoms with van der Waals surface area (Å²) >= 11 is 12.8. The van der Waals surface area contributed by atoms with Crippen molar-refractivity contribution in [3.8, 4) is 0 Å². The fourth-order valence-electron chi connectivity index (χ4n) is 2.09. The first-order valence-electron chi connectivity index (χ1n) is 5.94. The summed E-state index contributed by atoms with van der Waals surface area (Å²) in [7, 11) is 0. The summed E-state index contributed by atoms with van der Waals surface area (Å²) in [4.78, 5) is 6.66. The molecule has 0 amide bonds. The van der Waals surface area contributed by atoms with Crippen LogP contribution in [0.2, 0.25) is 5.02 Å². The largest absolute Gasteiger partial charge is 0.377 e. The van der Waals surface area contributed by atoms with E-state index in [4.69, 9.17) is 16.3 Å². The third-order valence-corrected chi connectivity index (χ3v) is 4.07. The molecule has 1 fully saturated rings. The lowest BCUT2D eigenvalue weighted by Crippen LogP contribution is -2.37. The van der Waals surface area contributed by atoms with Crippen molar-refractivity contribution in [2.45, 2.75) is 18.9 Å². The van der Waals surface area contributed by atoms with Crippen LogP contribution in [-0.2, 0) is 4.74 Å². The number of alkyl halides is 1. The molecule has 0 radical (unpaired) electrons. The van der Waals surface area contributed by atoms with Crippen molar-refractivity contribution in [1.29, 1.82) is 0 Å². The van der Waals surface area contributed by atoms with Crippen LogP contribution in [0.3, 0.4) is 0 Å². The Hall–Kier alpha value is 0.160. The van der Waals surface area contributed by atoms with Gasteiger partial charge in [-0.1, -0.05) is 27.5 Å². The van der Waals surface area contributed by atoms with Crippen molar-refractivity contribution < 1.29 is 4.74 Å². The van der Waals surface area contributed by atoms with Gasteiger partial charge in [0.2, 0.25) is 0 Å². The van der Waals surface area contributed by atoms with E-state index in [0.29, 0.717) is 11.1 Å². The minimum atomic E-state index is 0.380. The molecule has 1 aromatic rings. The lowest BCUT2D eigenvalue weighted by molar-refractivity contribution is 0.0480. The average Bonchev–Trinajstić information content (AvgIpc) is 2.37. The molecule has 2 rings (SSSR count). The molecule has 1 aliphatic rings. The lowest BCUT2D eigenvalue weighted by atomic mass is 10.1. The fraction of sp³-hybridized carbons (Fsp3) is 0.583. The van der Waals surface area contributed by atoms with Crippen molar-refractivity contribution in [3.63, 3.8) is 0 Å². The topological polar surface area (TPSA) is 25.4 Å². The van der Waals surface area contributed by atoms with Crippen LogP contribution in [0, 0.1) is 0 Å². The molecule has 0 aromatic carbocycles. The van der Waals surface area contributed by atoms with Crippen LogP contribution in [0.5, 0.6) is 0 Å². The van der Waals surface area contributed by atoms with E-state index in [1.807, 2.05) is 6.07 Å². The van der Waals surface area contributed by atoms with Gasteiger partial charge >= 0.3 is 0 Å². The SMILES string of the molecule is Clc1cnc(N2CCC(OCCBr)CC2)c(Br)c1. The minimum Gasteiger partial charge on any atom is -0.377 e. The van der Waals surface area contributed by atoms with Crippen molar-refractivity contribution in [1.82, 2.24) is 4.98 Å². The van der Waals surface area contributed by atoms with Gasteiger partial charge in [-0.25, -0.2) is 4.98 Å². The van der Waals surface area contributed by atoms with Crippen molar-refractivity contribution >= 4 is 49.3 Å². The molecule has 6 heteroatoms. The highest BCUT2D eigenvalue weighted by molar-refractivity contribution is 9.10. The summed E-state index contributed by atoms with van der Waals surface area (Å²) in [6.07, 6.45) is 4.16.